The number of carbonyl (C=O) groups excluding carboxylic acids is 2. The van der Waals surface area contributed by atoms with E-state index in [4.69, 9.17) is 24.7 Å². The van der Waals surface area contributed by atoms with Crippen molar-refractivity contribution in [2.45, 2.75) is 58.5 Å². The average molecular weight is 561 g/mol. The highest BCUT2D eigenvalue weighted by Gasteiger charge is 2.29. The number of phenolic OH excluding ortho intramolecular Hbond substituents is 2. The van der Waals surface area contributed by atoms with E-state index in [9.17, 15) is 24.9 Å². The predicted molar refractivity (Wildman–Crippen MR) is 151 cm³/mol. The lowest BCUT2D eigenvalue weighted by atomic mass is 9.91. The van der Waals surface area contributed by atoms with Crippen molar-refractivity contribution in [3.05, 3.63) is 52.7 Å². The highest BCUT2D eigenvalue weighted by Crippen LogP contribution is 2.43. The molecule has 2 amide bonds. The van der Waals surface area contributed by atoms with Crippen molar-refractivity contribution in [1.29, 1.82) is 0 Å². The molecule has 40 heavy (non-hydrogen) atoms. The largest absolute Gasteiger partial charge is 0.505 e. The van der Waals surface area contributed by atoms with Gasteiger partial charge in [-0.25, -0.2) is 4.79 Å². The fraction of sp³-hybridized carbons (Fsp3) is 0.448. The number of methoxy groups -OCH3 is 3. The molecule has 6 N–H and O–H groups in total. The Hall–Kier alpha value is -3.80. The first-order valence-electron chi connectivity index (χ1n) is 12.7. The molecule has 0 aromatic heterocycles. The maximum atomic E-state index is 12.9. The zero-order valence-electron chi connectivity index (χ0n) is 23.9. The number of fused-ring (bicyclic) bond motifs is 2. The number of hydrogen-bond donors (Lipinski definition) is 5. The van der Waals surface area contributed by atoms with Gasteiger partial charge < -0.3 is 45.3 Å². The van der Waals surface area contributed by atoms with Crippen LogP contribution in [0.5, 0.6) is 17.2 Å². The van der Waals surface area contributed by atoms with E-state index in [1.54, 1.807) is 52.0 Å². The Morgan fingerprint density at radius 1 is 1.12 bits per heavy atom. The second-order valence-corrected chi connectivity index (χ2v) is 9.71. The lowest BCUT2D eigenvalue weighted by Gasteiger charge is -2.28. The van der Waals surface area contributed by atoms with Crippen molar-refractivity contribution in [2.75, 3.05) is 26.6 Å². The first kappa shape index (κ1) is 32.4. The molecule has 0 radical (unpaired) electrons. The highest BCUT2D eigenvalue weighted by atomic mass is 16.6. The summed E-state index contributed by atoms with van der Waals surface area (Å²) in [4.78, 5) is 24.6. The molecule has 0 aliphatic carbocycles. The van der Waals surface area contributed by atoms with E-state index in [1.165, 1.54) is 33.5 Å². The molecule has 0 fully saturated rings. The van der Waals surface area contributed by atoms with E-state index in [2.05, 4.69) is 5.32 Å². The van der Waals surface area contributed by atoms with E-state index in [0.29, 0.717) is 11.1 Å². The summed E-state index contributed by atoms with van der Waals surface area (Å²) in [6, 6.07) is 1.19. The summed E-state index contributed by atoms with van der Waals surface area (Å²) in [5, 5.41) is 35.3. The van der Waals surface area contributed by atoms with E-state index >= 15 is 0 Å². The second-order valence-electron chi connectivity index (χ2n) is 9.71. The van der Waals surface area contributed by atoms with Crippen molar-refractivity contribution in [2.24, 2.45) is 11.7 Å². The molecule has 0 unspecified atom stereocenters. The van der Waals surface area contributed by atoms with Crippen LogP contribution in [0, 0.1) is 5.92 Å². The molecule has 220 valence electrons. The van der Waals surface area contributed by atoms with Gasteiger partial charge in [-0.15, -0.1) is 0 Å². The normalized spacial score (nSPS) is 24.9. The summed E-state index contributed by atoms with van der Waals surface area (Å²) in [7, 11) is 4.25. The van der Waals surface area contributed by atoms with Crippen LogP contribution < -0.4 is 15.8 Å². The lowest BCUT2D eigenvalue weighted by Crippen LogP contribution is -2.36. The number of rotatable bonds is 4. The minimum Gasteiger partial charge on any atom is -0.505 e. The van der Waals surface area contributed by atoms with E-state index in [0.717, 1.165) is 0 Å². The second kappa shape index (κ2) is 14.5. The number of nitrogens with two attached hydrogens (primary N) is 1. The number of hydrogen-bond acceptors (Lipinski definition) is 9. The molecule has 1 heterocycles. The monoisotopic (exact) mass is 560 g/mol. The maximum Gasteiger partial charge on any atom is 0.405 e. The maximum absolute atomic E-state index is 12.9. The van der Waals surface area contributed by atoms with E-state index < -0.39 is 42.3 Å². The van der Waals surface area contributed by atoms with E-state index in [-0.39, 0.29) is 40.5 Å². The molecule has 0 saturated carbocycles. The SMILES string of the molecule is COc1c(O)cc2c(O)c1C=C(C)C[C@H](OC)[C@@H](O)[C@H](C)C=C(C)[C@H](OC(N)=O)[C@@H](OC)C=CC=C(C)C(=O)N2. The summed E-state index contributed by atoms with van der Waals surface area (Å²) in [5.74, 6) is -1.57. The number of ether oxygens (including phenoxy) is 4. The van der Waals surface area contributed by atoms with Gasteiger partial charge in [-0.05, 0) is 38.8 Å². The molecule has 1 aromatic carbocycles. The fourth-order valence-electron chi connectivity index (χ4n) is 4.47. The minimum absolute atomic E-state index is 0.0171. The summed E-state index contributed by atoms with van der Waals surface area (Å²) >= 11 is 0. The Bertz CT molecular complexity index is 1200. The molecule has 1 aliphatic heterocycles. The average Bonchev–Trinajstić information content (AvgIpc) is 2.90. The predicted octanol–water partition coefficient (Wildman–Crippen LogP) is 3.79. The third kappa shape index (κ3) is 8.10. The number of anilines is 1. The van der Waals surface area contributed by atoms with Gasteiger partial charge in [0.15, 0.2) is 17.6 Å². The Balaban J connectivity index is 2.72. The number of aromatic hydroxyl groups is 2. The molecule has 0 saturated heterocycles. The Morgan fingerprint density at radius 2 is 1.80 bits per heavy atom. The molecule has 5 atom stereocenters. The smallest absolute Gasteiger partial charge is 0.405 e. The number of aliphatic hydroxyl groups is 1. The topological polar surface area (TPSA) is 170 Å². The molecule has 0 spiro atoms. The number of carbonyl (C=O) groups is 2. The number of allylic oxidation sites excluding steroid dienone is 2. The third-order valence-electron chi connectivity index (χ3n) is 6.65. The van der Waals surface area contributed by atoms with Gasteiger partial charge in [-0.3, -0.25) is 4.79 Å². The van der Waals surface area contributed by atoms with Gasteiger partial charge >= 0.3 is 6.09 Å². The Morgan fingerprint density at radius 3 is 2.38 bits per heavy atom. The molecule has 11 heteroatoms. The summed E-state index contributed by atoms with van der Waals surface area (Å²) in [6.07, 6.45) is 3.94. The van der Waals surface area contributed by atoms with Crippen LogP contribution in [0.4, 0.5) is 10.5 Å². The van der Waals surface area contributed by atoms with Gasteiger partial charge in [0.05, 0.1) is 30.6 Å². The zero-order valence-corrected chi connectivity index (χ0v) is 23.9. The van der Waals surface area contributed by atoms with Crippen molar-refractivity contribution >= 4 is 23.8 Å². The first-order valence-corrected chi connectivity index (χ1v) is 12.7. The van der Waals surface area contributed by atoms with Gasteiger partial charge in [0.25, 0.3) is 5.91 Å². The van der Waals surface area contributed by atoms with Crippen LogP contribution in [0.2, 0.25) is 0 Å². The van der Waals surface area contributed by atoms with Crippen LogP contribution >= 0.6 is 0 Å². The zero-order chi connectivity index (χ0) is 30.1. The molecule has 1 aliphatic rings. The van der Waals surface area contributed by atoms with Crippen molar-refractivity contribution in [1.82, 2.24) is 0 Å². The summed E-state index contributed by atoms with van der Waals surface area (Å²) in [6.45, 7) is 6.86. The van der Waals surface area contributed by atoms with Crippen LogP contribution in [-0.4, -0.2) is 73.1 Å². The van der Waals surface area contributed by atoms with Crippen molar-refractivity contribution in [3.63, 3.8) is 0 Å². The van der Waals surface area contributed by atoms with Crippen molar-refractivity contribution < 1.29 is 43.9 Å². The van der Waals surface area contributed by atoms with Crippen LogP contribution in [0.3, 0.4) is 0 Å². The molecular weight excluding hydrogens is 520 g/mol. The van der Waals surface area contributed by atoms with Gasteiger partial charge in [0.2, 0.25) is 0 Å². The van der Waals surface area contributed by atoms with Crippen LogP contribution in [-0.2, 0) is 19.0 Å². The minimum atomic E-state index is -0.998. The number of primary amides is 1. The molecular formula is C29H40N2O9. The lowest BCUT2D eigenvalue weighted by molar-refractivity contribution is -0.112. The molecule has 1 aromatic rings. The molecule has 11 nitrogen and oxygen atoms in total. The Kier molecular flexibility index (Phi) is 11.8. The molecule has 2 rings (SSSR count). The number of aliphatic hydroxyl groups excluding tert-OH is 1. The number of nitrogens with one attached hydrogen (secondary N) is 1. The quantitative estimate of drug-likeness (QED) is 0.209. The fourth-order valence-corrected chi connectivity index (χ4v) is 4.47. The van der Waals surface area contributed by atoms with Gasteiger partial charge in [-0.1, -0.05) is 36.8 Å². The Labute approximate surface area is 234 Å². The van der Waals surface area contributed by atoms with Crippen LogP contribution in [0.15, 0.2) is 47.1 Å². The third-order valence-corrected chi connectivity index (χ3v) is 6.65. The number of benzene rings is 1. The number of amides is 2. The summed E-state index contributed by atoms with van der Waals surface area (Å²) < 4.78 is 21.8. The van der Waals surface area contributed by atoms with Gasteiger partial charge in [-0.2, -0.15) is 0 Å². The van der Waals surface area contributed by atoms with Crippen LogP contribution in [0.1, 0.15) is 39.7 Å². The molecule has 2 bridgehead atoms. The number of phenols is 2. The summed E-state index contributed by atoms with van der Waals surface area (Å²) in [5.41, 5.74) is 6.98. The highest BCUT2D eigenvalue weighted by molar-refractivity contribution is 6.05. The first-order chi connectivity index (χ1) is 18.8. The van der Waals surface area contributed by atoms with Crippen LogP contribution in [0.25, 0.3) is 6.08 Å². The van der Waals surface area contributed by atoms with E-state index in [1.807, 2.05) is 0 Å². The standard InChI is InChI=1S/C29H40N2O9/c1-15-11-19-25(34)20(14-21(32)27(19)39-7)31-28(35)16(2)9-8-10-22(37-5)26(40-29(30)36)18(4)13-17(3)24(33)23(12-15)38-6/h8-11,13-14,17,22-24,26,32-34H,12H2,1-7H3,(H2,30,36)(H,31,35)/t17-,22+,23+,24+,26+/m1/s1. The van der Waals surface area contributed by atoms with Gasteiger partial charge in [0.1, 0.15) is 11.9 Å². The van der Waals surface area contributed by atoms with Gasteiger partial charge in [0, 0.05) is 31.8 Å². The van der Waals surface area contributed by atoms with Crippen molar-refractivity contribution in [3.8, 4) is 17.2 Å².